The summed E-state index contributed by atoms with van der Waals surface area (Å²) in [5, 5.41) is 1.03. The van der Waals surface area contributed by atoms with Crippen molar-refractivity contribution in [3.63, 3.8) is 0 Å². The molecule has 1 saturated heterocycles. The van der Waals surface area contributed by atoms with Crippen LogP contribution in [0.1, 0.15) is 34.6 Å². The van der Waals surface area contributed by atoms with E-state index >= 15 is 0 Å². The average Bonchev–Trinajstić information content (AvgIpc) is 3.17. The molecular weight excluding hydrogens is 386 g/mol. The Labute approximate surface area is 173 Å². The number of piperazine rings is 1. The first-order valence-corrected chi connectivity index (χ1v) is 10.7. The predicted molar refractivity (Wildman–Crippen MR) is 114 cm³/mol. The fraction of sp³-hybridized carbons (Fsp3) is 0.318. The number of ether oxygens (including phenoxy) is 1. The van der Waals surface area contributed by atoms with Crippen molar-refractivity contribution in [2.45, 2.75) is 13.8 Å². The fourth-order valence-corrected chi connectivity index (χ4v) is 4.51. The van der Waals surface area contributed by atoms with Gasteiger partial charge in [-0.25, -0.2) is 9.78 Å². The van der Waals surface area contributed by atoms with Crippen molar-refractivity contribution < 1.29 is 19.2 Å². The molecule has 4 rings (SSSR count). The number of aromatic nitrogens is 1. The van der Waals surface area contributed by atoms with Crippen LogP contribution in [0.25, 0.3) is 10.2 Å². The number of rotatable bonds is 5. The van der Waals surface area contributed by atoms with E-state index < -0.39 is 5.97 Å². The number of carbonyl (C=O) groups is 2. The maximum absolute atomic E-state index is 12.4. The summed E-state index contributed by atoms with van der Waals surface area (Å²) in [6.45, 7) is 9.19. The molecule has 1 aromatic heterocycles. The summed E-state index contributed by atoms with van der Waals surface area (Å²) in [6.07, 6.45) is 0. The van der Waals surface area contributed by atoms with Gasteiger partial charge in [0.2, 0.25) is 0 Å². The first-order chi connectivity index (χ1) is 14.0. The number of benzene rings is 2. The monoisotopic (exact) mass is 410 g/mol. The van der Waals surface area contributed by atoms with Crippen LogP contribution >= 0.6 is 11.3 Å². The number of thiazole rings is 1. The van der Waals surface area contributed by atoms with E-state index in [1.54, 1.807) is 46.6 Å². The van der Waals surface area contributed by atoms with Crippen LogP contribution in [-0.4, -0.2) is 49.5 Å². The van der Waals surface area contributed by atoms with Crippen molar-refractivity contribution in [3.8, 4) is 5.75 Å². The topological polar surface area (TPSA) is 63.9 Å². The zero-order chi connectivity index (χ0) is 20.4. The van der Waals surface area contributed by atoms with Crippen LogP contribution in [0, 0.1) is 0 Å². The van der Waals surface area contributed by atoms with Crippen LogP contribution in [0.5, 0.6) is 5.75 Å². The minimum Gasteiger partial charge on any atom is -0.423 e. The van der Waals surface area contributed by atoms with Gasteiger partial charge in [-0.15, -0.1) is 0 Å². The van der Waals surface area contributed by atoms with E-state index in [0.29, 0.717) is 16.9 Å². The molecule has 2 heterocycles. The van der Waals surface area contributed by atoms with Crippen molar-refractivity contribution >= 4 is 38.4 Å². The Morgan fingerprint density at radius 1 is 1.10 bits per heavy atom. The molecule has 0 atom stereocenters. The molecule has 1 aliphatic rings. The van der Waals surface area contributed by atoms with Gasteiger partial charge in [-0.05, 0) is 38.1 Å². The molecule has 1 N–H and O–H groups in total. The number of carbonyl (C=O) groups excluding carboxylic acids is 2. The third-order valence-electron chi connectivity index (χ3n) is 5.33. The van der Waals surface area contributed by atoms with Gasteiger partial charge in [-0.3, -0.25) is 4.79 Å². The predicted octanol–water partition coefficient (Wildman–Crippen LogP) is 2.44. The van der Waals surface area contributed by atoms with Gasteiger partial charge in [0.15, 0.2) is 10.9 Å². The highest BCUT2D eigenvalue weighted by atomic mass is 32.1. The lowest BCUT2D eigenvalue weighted by Crippen LogP contribution is -3.14. The quantitative estimate of drug-likeness (QED) is 0.398. The molecule has 0 unspecified atom stereocenters. The van der Waals surface area contributed by atoms with E-state index in [1.807, 2.05) is 12.1 Å². The van der Waals surface area contributed by atoms with Gasteiger partial charge in [0.05, 0.1) is 48.5 Å². The Kier molecular flexibility index (Phi) is 5.60. The van der Waals surface area contributed by atoms with Crippen LogP contribution in [0.3, 0.4) is 0 Å². The van der Waals surface area contributed by atoms with Crippen LogP contribution in [0.15, 0.2) is 42.5 Å². The summed E-state index contributed by atoms with van der Waals surface area (Å²) in [6, 6.07) is 12.0. The molecule has 2 aromatic carbocycles. The molecule has 0 bridgehead atoms. The van der Waals surface area contributed by atoms with Crippen molar-refractivity contribution in [2.24, 2.45) is 0 Å². The average molecular weight is 411 g/mol. The van der Waals surface area contributed by atoms with E-state index in [9.17, 15) is 9.59 Å². The summed E-state index contributed by atoms with van der Waals surface area (Å²) >= 11 is 1.63. The largest absolute Gasteiger partial charge is 0.423 e. The van der Waals surface area contributed by atoms with Crippen molar-refractivity contribution in [2.75, 3.05) is 37.6 Å². The minimum atomic E-state index is -0.442. The Bertz CT molecular complexity index is 1040. The molecule has 0 radical (unpaired) electrons. The van der Waals surface area contributed by atoms with E-state index in [-0.39, 0.29) is 5.78 Å². The van der Waals surface area contributed by atoms with Gasteiger partial charge in [0.1, 0.15) is 5.75 Å². The van der Waals surface area contributed by atoms with Crippen LogP contribution in [-0.2, 0) is 0 Å². The number of nitrogens with one attached hydrogen (secondary N) is 1. The van der Waals surface area contributed by atoms with Crippen molar-refractivity contribution in [3.05, 3.63) is 53.6 Å². The highest BCUT2D eigenvalue weighted by Gasteiger charge is 2.21. The maximum Gasteiger partial charge on any atom is 0.343 e. The summed E-state index contributed by atoms with van der Waals surface area (Å²) in [7, 11) is 0. The first kappa shape index (κ1) is 19.5. The van der Waals surface area contributed by atoms with Crippen LogP contribution in [0.4, 0.5) is 5.13 Å². The van der Waals surface area contributed by atoms with Crippen molar-refractivity contribution in [1.82, 2.24) is 4.98 Å². The molecule has 0 aliphatic carbocycles. The number of nitrogens with zero attached hydrogens (tertiary/aromatic N) is 2. The molecule has 0 saturated carbocycles. The summed E-state index contributed by atoms with van der Waals surface area (Å²) < 4.78 is 6.53. The molecule has 150 valence electrons. The van der Waals surface area contributed by atoms with Crippen LogP contribution in [0.2, 0.25) is 0 Å². The SMILES string of the molecule is CC[NH+]1CCN(c2nc3ccc(OC(=O)c4ccc(C(C)=O)cc4)cc3s2)CC1. The van der Waals surface area contributed by atoms with Gasteiger partial charge in [-0.1, -0.05) is 23.5 Å². The molecule has 7 heteroatoms. The number of Topliss-reactive ketones (excluding diaryl/α,β-unsaturated/α-hetero) is 1. The molecule has 1 fully saturated rings. The molecule has 6 nitrogen and oxygen atoms in total. The highest BCUT2D eigenvalue weighted by molar-refractivity contribution is 7.22. The molecule has 1 aliphatic heterocycles. The standard InChI is InChI=1S/C22H23N3O3S/c1-3-24-10-12-25(13-11-24)22-23-19-9-8-18(14-20(19)29-22)28-21(27)17-6-4-16(5-7-17)15(2)26/h4-9,14H,3,10-13H2,1-2H3/p+1. The number of likely N-dealkylation sites (N-methyl/N-ethyl adjacent to an activating group) is 1. The Morgan fingerprint density at radius 2 is 1.79 bits per heavy atom. The summed E-state index contributed by atoms with van der Waals surface area (Å²) in [5.74, 6) is 0.0188. The number of esters is 1. The van der Waals surface area contributed by atoms with E-state index in [4.69, 9.17) is 9.72 Å². The van der Waals surface area contributed by atoms with Gasteiger partial charge in [0, 0.05) is 11.6 Å². The molecule has 29 heavy (non-hydrogen) atoms. The van der Waals surface area contributed by atoms with Gasteiger partial charge in [0.25, 0.3) is 0 Å². The zero-order valence-corrected chi connectivity index (χ0v) is 17.4. The molecular formula is C22H24N3O3S+. The lowest BCUT2D eigenvalue weighted by atomic mass is 10.1. The molecule has 0 spiro atoms. The van der Waals surface area contributed by atoms with Crippen molar-refractivity contribution in [1.29, 1.82) is 0 Å². The summed E-state index contributed by atoms with van der Waals surface area (Å²) in [4.78, 5) is 32.5. The number of ketones is 1. The fourth-order valence-electron chi connectivity index (χ4n) is 3.47. The number of hydrogen-bond acceptors (Lipinski definition) is 6. The number of anilines is 1. The second-order valence-electron chi connectivity index (χ2n) is 7.24. The van der Waals surface area contributed by atoms with E-state index in [1.165, 1.54) is 13.5 Å². The van der Waals surface area contributed by atoms with Gasteiger partial charge in [-0.2, -0.15) is 0 Å². The Balaban J connectivity index is 1.47. The zero-order valence-electron chi connectivity index (χ0n) is 16.6. The third-order valence-corrected chi connectivity index (χ3v) is 6.41. The third kappa shape index (κ3) is 4.31. The van der Waals surface area contributed by atoms with E-state index in [0.717, 1.165) is 41.5 Å². The smallest absolute Gasteiger partial charge is 0.343 e. The molecule has 3 aromatic rings. The Hall–Kier alpha value is -2.77. The number of hydrogen-bond donors (Lipinski definition) is 1. The van der Waals surface area contributed by atoms with Crippen LogP contribution < -0.4 is 14.5 Å². The highest BCUT2D eigenvalue weighted by Crippen LogP contribution is 2.31. The van der Waals surface area contributed by atoms with Gasteiger partial charge < -0.3 is 14.5 Å². The lowest BCUT2D eigenvalue weighted by Gasteiger charge is -2.31. The number of fused-ring (bicyclic) bond motifs is 1. The number of quaternary nitrogens is 1. The summed E-state index contributed by atoms with van der Waals surface area (Å²) in [5.41, 5.74) is 1.90. The second-order valence-corrected chi connectivity index (χ2v) is 8.25. The second kappa shape index (κ2) is 8.31. The normalized spacial score (nSPS) is 14.9. The lowest BCUT2D eigenvalue weighted by molar-refractivity contribution is -0.898. The van der Waals surface area contributed by atoms with Gasteiger partial charge >= 0.3 is 5.97 Å². The first-order valence-electron chi connectivity index (χ1n) is 9.86. The Morgan fingerprint density at radius 3 is 2.45 bits per heavy atom. The molecule has 0 amide bonds. The minimum absolute atomic E-state index is 0.0334. The maximum atomic E-state index is 12.4. The van der Waals surface area contributed by atoms with E-state index in [2.05, 4.69) is 11.8 Å².